The van der Waals surface area contributed by atoms with Crippen LogP contribution in [0.4, 0.5) is 0 Å². The van der Waals surface area contributed by atoms with Gasteiger partial charge in [0.2, 0.25) is 0 Å². The Morgan fingerprint density at radius 3 is 2.28 bits per heavy atom. The van der Waals surface area contributed by atoms with E-state index in [1.807, 2.05) is 36.4 Å². The molecular formula is C26H26O3. The molecule has 1 saturated carbocycles. The minimum atomic E-state index is 0.264. The Bertz CT molecular complexity index is 969. The first-order chi connectivity index (χ1) is 14.2. The van der Waals surface area contributed by atoms with Gasteiger partial charge < -0.3 is 14.6 Å². The molecular weight excluding hydrogens is 360 g/mol. The third kappa shape index (κ3) is 4.62. The fourth-order valence-corrected chi connectivity index (χ4v) is 3.81. The van der Waals surface area contributed by atoms with Gasteiger partial charge in [0.1, 0.15) is 5.75 Å². The number of phenolic OH excluding ortho intramolecular Hbond substituents is 1. The summed E-state index contributed by atoms with van der Waals surface area (Å²) in [6, 6.07) is 23.7. The van der Waals surface area contributed by atoms with E-state index in [4.69, 9.17) is 9.47 Å². The standard InChI is InChI=1S/C26H26O3/c1-28-25-16-13-21(18-26(25)29-23-9-5-6-10-23)24(20-7-3-2-4-8-20)17-19-11-14-22(27)15-12-19/h2-4,7-8,11-18,23,27H,5-6,9-10H2,1H3. The second-order valence-electron chi connectivity index (χ2n) is 7.41. The second-order valence-corrected chi connectivity index (χ2v) is 7.41. The molecule has 0 spiro atoms. The molecule has 0 atom stereocenters. The molecule has 1 aliphatic carbocycles. The van der Waals surface area contributed by atoms with Gasteiger partial charge in [-0.05, 0) is 78.3 Å². The second kappa shape index (κ2) is 8.87. The van der Waals surface area contributed by atoms with Gasteiger partial charge in [0.05, 0.1) is 13.2 Å². The average molecular weight is 386 g/mol. The van der Waals surface area contributed by atoms with Crippen molar-refractivity contribution < 1.29 is 14.6 Å². The predicted octanol–water partition coefficient (Wildman–Crippen LogP) is 6.31. The van der Waals surface area contributed by atoms with Crippen molar-refractivity contribution in [3.05, 3.63) is 89.5 Å². The van der Waals surface area contributed by atoms with E-state index in [0.717, 1.165) is 46.6 Å². The fraction of sp³-hybridized carbons (Fsp3) is 0.231. The van der Waals surface area contributed by atoms with Gasteiger partial charge in [-0.3, -0.25) is 0 Å². The van der Waals surface area contributed by atoms with Crippen molar-refractivity contribution in [3.8, 4) is 17.2 Å². The molecule has 0 amide bonds. The van der Waals surface area contributed by atoms with E-state index in [9.17, 15) is 5.11 Å². The average Bonchev–Trinajstić information content (AvgIpc) is 3.27. The van der Waals surface area contributed by atoms with Crippen molar-refractivity contribution in [2.45, 2.75) is 31.8 Å². The van der Waals surface area contributed by atoms with Crippen molar-refractivity contribution in [2.24, 2.45) is 0 Å². The van der Waals surface area contributed by atoms with Gasteiger partial charge in [-0.15, -0.1) is 0 Å². The summed E-state index contributed by atoms with van der Waals surface area (Å²) in [5.41, 5.74) is 4.31. The van der Waals surface area contributed by atoms with Gasteiger partial charge in [-0.2, -0.15) is 0 Å². The number of ether oxygens (including phenoxy) is 2. The Hall–Kier alpha value is -3.20. The van der Waals surface area contributed by atoms with Crippen molar-refractivity contribution in [1.29, 1.82) is 0 Å². The molecule has 0 saturated heterocycles. The van der Waals surface area contributed by atoms with Gasteiger partial charge in [0.15, 0.2) is 11.5 Å². The largest absolute Gasteiger partial charge is 0.508 e. The molecule has 29 heavy (non-hydrogen) atoms. The van der Waals surface area contributed by atoms with E-state index in [1.165, 1.54) is 12.8 Å². The normalized spacial score (nSPS) is 14.7. The van der Waals surface area contributed by atoms with Crippen LogP contribution in [0.3, 0.4) is 0 Å². The van der Waals surface area contributed by atoms with Gasteiger partial charge in [0.25, 0.3) is 0 Å². The molecule has 0 aliphatic heterocycles. The molecule has 1 aliphatic rings. The minimum Gasteiger partial charge on any atom is -0.508 e. The number of aromatic hydroxyl groups is 1. The lowest BCUT2D eigenvalue weighted by Crippen LogP contribution is -2.11. The molecule has 3 nitrogen and oxygen atoms in total. The Kier molecular flexibility index (Phi) is 5.85. The Balaban J connectivity index is 1.76. The highest BCUT2D eigenvalue weighted by molar-refractivity contribution is 5.92. The number of rotatable bonds is 6. The van der Waals surface area contributed by atoms with Gasteiger partial charge in [-0.1, -0.05) is 48.5 Å². The lowest BCUT2D eigenvalue weighted by molar-refractivity contribution is 0.201. The number of hydrogen-bond donors (Lipinski definition) is 1. The highest BCUT2D eigenvalue weighted by Crippen LogP contribution is 2.36. The van der Waals surface area contributed by atoms with Crippen LogP contribution in [0.5, 0.6) is 17.2 Å². The molecule has 148 valence electrons. The van der Waals surface area contributed by atoms with Crippen LogP contribution in [0.1, 0.15) is 42.4 Å². The van der Waals surface area contributed by atoms with Crippen LogP contribution in [0, 0.1) is 0 Å². The van der Waals surface area contributed by atoms with Crippen molar-refractivity contribution in [3.63, 3.8) is 0 Å². The van der Waals surface area contributed by atoms with Crippen LogP contribution < -0.4 is 9.47 Å². The first-order valence-electron chi connectivity index (χ1n) is 10.1. The smallest absolute Gasteiger partial charge is 0.162 e. The number of phenols is 1. The van der Waals surface area contributed by atoms with Crippen LogP contribution in [0.25, 0.3) is 11.6 Å². The fourth-order valence-electron chi connectivity index (χ4n) is 3.81. The van der Waals surface area contributed by atoms with Gasteiger partial charge >= 0.3 is 0 Å². The first-order valence-corrected chi connectivity index (χ1v) is 10.1. The Morgan fingerprint density at radius 1 is 0.862 bits per heavy atom. The molecule has 0 radical (unpaired) electrons. The molecule has 0 unspecified atom stereocenters. The summed E-state index contributed by atoms with van der Waals surface area (Å²) in [4.78, 5) is 0. The summed E-state index contributed by atoms with van der Waals surface area (Å²) in [5.74, 6) is 1.82. The maximum atomic E-state index is 9.60. The molecule has 1 fully saturated rings. The molecule has 4 rings (SSSR count). The van der Waals surface area contributed by atoms with E-state index in [2.05, 4.69) is 30.3 Å². The summed E-state index contributed by atoms with van der Waals surface area (Å²) in [6.07, 6.45) is 7.05. The molecule has 3 aromatic carbocycles. The summed E-state index contributed by atoms with van der Waals surface area (Å²) in [5, 5.41) is 9.60. The zero-order valence-corrected chi connectivity index (χ0v) is 16.7. The molecule has 0 heterocycles. The monoisotopic (exact) mass is 386 g/mol. The SMILES string of the molecule is COc1ccc(C(=Cc2ccc(O)cc2)c2ccccc2)cc1OC1CCCC1. The van der Waals surface area contributed by atoms with Gasteiger partial charge in [0, 0.05) is 0 Å². The number of hydrogen-bond acceptors (Lipinski definition) is 3. The third-order valence-corrected chi connectivity index (χ3v) is 5.36. The Labute approximate surface area is 172 Å². The Morgan fingerprint density at radius 2 is 1.59 bits per heavy atom. The maximum absolute atomic E-state index is 9.60. The highest BCUT2D eigenvalue weighted by atomic mass is 16.5. The zero-order valence-electron chi connectivity index (χ0n) is 16.7. The van der Waals surface area contributed by atoms with Crippen molar-refractivity contribution in [2.75, 3.05) is 7.11 Å². The number of benzene rings is 3. The van der Waals surface area contributed by atoms with E-state index >= 15 is 0 Å². The molecule has 3 aromatic rings. The van der Waals surface area contributed by atoms with Crippen LogP contribution in [0.2, 0.25) is 0 Å². The summed E-state index contributed by atoms with van der Waals surface area (Å²) in [7, 11) is 1.68. The summed E-state index contributed by atoms with van der Waals surface area (Å²) >= 11 is 0. The zero-order chi connectivity index (χ0) is 20.1. The molecule has 3 heteroatoms. The lowest BCUT2D eigenvalue weighted by atomic mass is 9.95. The topological polar surface area (TPSA) is 38.7 Å². The molecule has 1 N–H and O–H groups in total. The van der Waals surface area contributed by atoms with E-state index in [-0.39, 0.29) is 11.9 Å². The summed E-state index contributed by atoms with van der Waals surface area (Å²) in [6.45, 7) is 0. The molecule has 0 aromatic heterocycles. The van der Waals surface area contributed by atoms with Gasteiger partial charge in [-0.25, -0.2) is 0 Å². The summed E-state index contributed by atoms with van der Waals surface area (Å²) < 4.78 is 11.9. The minimum absolute atomic E-state index is 0.264. The van der Waals surface area contributed by atoms with Crippen molar-refractivity contribution in [1.82, 2.24) is 0 Å². The molecule has 0 bridgehead atoms. The van der Waals surface area contributed by atoms with E-state index < -0.39 is 0 Å². The van der Waals surface area contributed by atoms with Crippen LogP contribution in [-0.2, 0) is 0 Å². The van der Waals surface area contributed by atoms with E-state index in [0.29, 0.717) is 0 Å². The maximum Gasteiger partial charge on any atom is 0.162 e. The first kappa shape index (κ1) is 19.1. The van der Waals surface area contributed by atoms with E-state index in [1.54, 1.807) is 19.2 Å². The third-order valence-electron chi connectivity index (χ3n) is 5.36. The van der Waals surface area contributed by atoms with Crippen molar-refractivity contribution >= 4 is 11.6 Å². The lowest BCUT2D eigenvalue weighted by Gasteiger charge is -2.18. The van der Waals surface area contributed by atoms with Crippen LogP contribution >= 0.6 is 0 Å². The predicted molar refractivity (Wildman–Crippen MR) is 117 cm³/mol. The number of methoxy groups -OCH3 is 1. The quantitative estimate of drug-likeness (QED) is 0.505. The van der Waals surface area contributed by atoms with Crippen LogP contribution in [-0.4, -0.2) is 18.3 Å². The van der Waals surface area contributed by atoms with Crippen LogP contribution in [0.15, 0.2) is 72.8 Å². The highest BCUT2D eigenvalue weighted by Gasteiger charge is 2.19.